The van der Waals surface area contributed by atoms with Gasteiger partial charge in [-0.1, -0.05) is 115 Å². The van der Waals surface area contributed by atoms with Gasteiger partial charge in [0.15, 0.2) is 0 Å². The molecular formula is C47H29N3. The molecule has 9 rings (SSSR count). The average Bonchev–Trinajstić information content (AvgIpc) is 3.50. The molecule has 0 aliphatic heterocycles. The van der Waals surface area contributed by atoms with Crippen molar-refractivity contribution < 1.29 is 0 Å². The van der Waals surface area contributed by atoms with Gasteiger partial charge in [-0.2, -0.15) is 10.5 Å². The smallest absolute Gasteiger partial charge is 0.0991 e. The first-order valence-electron chi connectivity index (χ1n) is 16.7. The number of benzene rings is 8. The van der Waals surface area contributed by atoms with Crippen molar-refractivity contribution in [2.45, 2.75) is 5.41 Å². The van der Waals surface area contributed by atoms with E-state index in [9.17, 15) is 10.5 Å². The van der Waals surface area contributed by atoms with Gasteiger partial charge in [0.05, 0.1) is 28.7 Å². The second-order valence-corrected chi connectivity index (χ2v) is 12.7. The second kappa shape index (κ2) is 11.6. The summed E-state index contributed by atoms with van der Waals surface area (Å²) in [5, 5.41) is 24.1. The molecule has 8 aromatic rings. The molecule has 0 radical (unpaired) electrons. The molecule has 1 aliphatic rings. The monoisotopic (exact) mass is 635 g/mol. The Morgan fingerprint density at radius 2 is 0.960 bits per heavy atom. The fourth-order valence-corrected chi connectivity index (χ4v) is 8.02. The molecule has 3 nitrogen and oxygen atoms in total. The van der Waals surface area contributed by atoms with Gasteiger partial charge >= 0.3 is 0 Å². The Hall–Kier alpha value is -6.94. The molecule has 0 spiro atoms. The highest BCUT2D eigenvalue weighted by Gasteiger charge is 2.47. The van der Waals surface area contributed by atoms with Crippen molar-refractivity contribution in [1.82, 2.24) is 0 Å². The van der Waals surface area contributed by atoms with Crippen LogP contribution in [-0.4, -0.2) is 0 Å². The lowest BCUT2D eigenvalue weighted by Gasteiger charge is -2.35. The van der Waals surface area contributed by atoms with Crippen LogP contribution in [0.2, 0.25) is 0 Å². The van der Waals surface area contributed by atoms with Crippen LogP contribution in [0.5, 0.6) is 0 Å². The van der Waals surface area contributed by atoms with Gasteiger partial charge < -0.3 is 4.90 Å². The third kappa shape index (κ3) is 4.35. The zero-order valence-electron chi connectivity index (χ0n) is 27.1. The van der Waals surface area contributed by atoms with E-state index in [-0.39, 0.29) is 0 Å². The summed E-state index contributed by atoms with van der Waals surface area (Å²) in [6, 6.07) is 66.2. The number of nitriles is 2. The maximum absolute atomic E-state index is 9.56. The van der Waals surface area contributed by atoms with Crippen LogP contribution in [0.15, 0.2) is 176 Å². The van der Waals surface area contributed by atoms with Crippen LogP contribution in [0.3, 0.4) is 0 Å². The number of rotatable bonds is 5. The lowest BCUT2D eigenvalue weighted by Crippen LogP contribution is -2.28. The van der Waals surface area contributed by atoms with E-state index < -0.39 is 5.41 Å². The Kier molecular flexibility index (Phi) is 6.80. The minimum atomic E-state index is -0.593. The van der Waals surface area contributed by atoms with Crippen LogP contribution in [0.1, 0.15) is 33.4 Å². The van der Waals surface area contributed by atoms with E-state index in [1.165, 1.54) is 54.9 Å². The molecular weight excluding hydrogens is 607 g/mol. The van der Waals surface area contributed by atoms with Crippen molar-refractivity contribution in [3.05, 3.63) is 209 Å². The molecule has 0 saturated heterocycles. The van der Waals surface area contributed by atoms with Crippen molar-refractivity contribution >= 4 is 38.6 Å². The van der Waals surface area contributed by atoms with E-state index in [1.807, 2.05) is 48.5 Å². The van der Waals surface area contributed by atoms with Gasteiger partial charge in [-0.15, -0.1) is 0 Å². The highest BCUT2D eigenvalue weighted by atomic mass is 15.1. The molecule has 0 aromatic heterocycles. The van der Waals surface area contributed by atoms with E-state index >= 15 is 0 Å². The highest BCUT2D eigenvalue weighted by Crippen LogP contribution is 2.59. The Labute approximate surface area is 291 Å². The van der Waals surface area contributed by atoms with E-state index in [1.54, 1.807) is 0 Å². The largest absolute Gasteiger partial charge is 0.310 e. The number of nitrogens with zero attached hydrogens (tertiary/aromatic N) is 3. The van der Waals surface area contributed by atoms with Crippen LogP contribution < -0.4 is 4.90 Å². The Balaban J connectivity index is 1.38. The minimum Gasteiger partial charge on any atom is -0.310 e. The number of fused-ring (bicyclic) bond motifs is 7. The lowest BCUT2D eigenvalue weighted by molar-refractivity contribution is 0.769. The van der Waals surface area contributed by atoms with Crippen molar-refractivity contribution in [3.63, 3.8) is 0 Å². The van der Waals surface area contributed by atoms with E-state index in [4.69, 9.17) is 0 Å². The van der Waals surface area contributed by atoms with Gasteiger partial charge in [-0.3, -0.25) is 0 Å². The normalized spacial score (nSPS) is 12.5. The Morgan fingerprint density at radius 1 is 0.420 bits per heavy atom. The van der Waals surface area contributed by atoms with Crippen LogP contribution in [0, 0.1) is 22.7 Å². The molecule has 0 bridgehead atoms. The van der Waals surface area contributed by atoms with Crippen LogP contribution in [0.25, 0.3) is 32.7 Å². The van der Waals surface area contributed by atoms with Crippen molar-refractivity contribution in [3.8, 4) is 23.3 Å². The summed E-state index contributed by atoms with van der Waals surface area (Å²) in [4.78, 5) is 2.21. The van der Waals surface area contributed by atoms with Gasteiger partial charge in [-0.05, 0) is 116 Å². The predicted octanol–water partition coefficient (Wildman–Crippen LogP) is 11.6. The third-order valence-corrected chi connectivity index (χ3v) is 10.2. The molecule has 0 amide bonds. The minimum absolute atomic E-state index is 0.593. The van der Waals surface area contributed by atoms with Gasteiger partial charge in [-0.25, -0.2) is 0 Å². The topological polar surface area (TPSA) is 50.8 Å². The molecule has 50 heavy (non-hydrogen) atoms. The fourth-order valence-electron chi connectivity index (χ4n) is 8.02. The maximum Gasteiger partial charge on any atom is 0.0991 e. The second-order valence-electron chi connectivity index (χ2n) is 12.7. The molecule has 1 aliphatic carbocycles. The molecule has 8 aromatic carbocycles. The molecule has 0 heterocycles. The summed E-state index contributed by atoms with van der Waals surface area (Å²) < 4.78 is 0. The summed E-state index contributed by atoms with van der Waals surface area (Å²) in [5.74, 6) is 0. The van der Waals surface area contributed by atoms with Crippen molar-refractivity contribution in [2.24, 2.45) is 0 Å². The molecule has 232 valence electrons. The Bertz CT molecular complexity index is 2550. The van der Waals surface area contributed by atoms with Gasteiger partial charge in [0.1, 0.15) is 0 Å². The third-order valence-electron chi connectivity index (χ3n) is 10.2. The summed E-state index contributed by atoms with van der Waals surface area (Å²) >= 11 is 0. The van der Waals surface area contributed by atoms with Crippen LogP contribution >= 0.6 is 0 Å². The van der Waals surface area contributed by atoms with E-state index in [2.05, 4.69) is 144 Å². The first-order chi connectivity index (χ1) is 24.7. The molecule has 0 atom stereocenters. The first kappa shape index (κ1) is 29.2. The van der Waals surface area contributed by atoms with Gasteiger partial charge in [0, 0.05) is 17.1 Å². The number of anilines is 3. The van der Waals surface area contributed by atoms with Crippen LogP contribution in [-0.2, 0) is 5.41 Å². The Morgan fingerprint density at radius 3 is 1.56 bits per heavy atom. The number of hydrogen-bond acceptors (Lipinski definition) is 3. The standard InChI is InChI=1S/C47H29N3/c48-30-32-15-20-37(21-16-32)50(38-22-17-33(31-49)18-23-38)39-24-26-43-45(29-39)47(35-10-3-1-4-11-35,36-12-5-2-6-13-36)44-28-27-41-40-14-8-7-9-34(40)19-25-42(41)46(43)44/h1-29H. The summed E-state index contributed by atoms with van der Waals surface area (Å²) in [7, 11) is 0. The number of hydrogen-bond donors (Lipinski definition) is 0. The lowest BCUT2D eigenvalue weighted by atomic mass is 9.67. The summed E-state index contributed by atoms with van der Waals surface area (Å²) in [5.41, 5.74) is 10.8. The SMILES string of the molecule is N#Cc1ccc(N(c2ccc(C#N)cc2)c2ccc3c(c2)C(c2ccccc2)(c2ccccc2)c2ccc4c(ccc5ccccc54)c2-3)cc1. The molecule has 0 N–H and O–H groups in total. The van der Waals surface area contributed by atoms with Gasteiger partial charge in [0.25, 0.3) is 0 Å². The predicted molar refractivity (Wildman–Crippen MR) is 203 cm³/mol. The van der Waals surface area contributed by atoms with Crippen molar-refractivity contribution in [1.29, 1.82) is 10.5 Å². The summed E-state index contributed by atoms with van der Waals surface area (Å²) in [6.07, 6.45) is 0. The average molecular weight is 636 g/mol. The molecule has 0 saturated carbocycles. The summed E-state index contributed by atoms with van der Waals surface area (Å²) in [6.45, 7) is 0. The van der Waals surface area contributed by atoms with Gasteiger partial charge in [0.2, 0.25) is 0 Å². The fraction of sp³-hybridized carbons (Fsp3) is 0.0213. The first-order valence-corrected chi connectivity index (χ1v) is 16.7. The van der Waals surface area contributed by atoms with Crippen molar-refractivity contribution in [2.75, 3.05) is 4.90 Å². The molecule has 0 fully saturated rings. The zero-order chi connectivity index (χ0) is 33.7. The molecule has 0 unspecified atom stereocenters. The van der Waals surface area contributed by atoms with E-state index in [0.717, 1.165) is 17.1 Å². The van der Waals surface area contributed by atoms with Crippen LogP contribution in [0.4, 0.5) is 17.1 Å². The quantitative estimate of drug-likeness (QED) is 0.177. The zero-order valence-corrected chi connectivity index (χ0v) is 27.1. The maximum atomic E-state index is 9.56. The highest BCUT2D eigenvalue weighted by molar-refractivity contribution is 6.14. The van der Waals surface area contributed by atoms with E-state index in [0.29, 0.717) is 11.1 Å². The molecule has 3 heteroatoms.